The minimum absolute atomic E-state index is 0.212. The standard InChI is InChI=1S/C13H24N2O2/c1-7(2)8-4-3-5-9-11(14)10(13(16)17)6-15-12(8)9/h7-12,15H,3-6,14H2,1-2H3,(H,16,17). The van der Waals surface area contributed by atoms with Gasteiger partial charge in [0.1, 0.15) is 0 Å². The third-order valence-electron chi connectivity index (χ3n) is 4.84. The van der Waals surface area contributed by atoms with Crippen molar-refractivity contribution in [3.63, 3.8) is 0 Å². The molecule has 0 aromatic rings. The Balaban J connectivity index is 2.12. The van der Waals surface area contributed by atoms with E-state index in [0.717, 1.165) is 6.42 Å². The normalized spacial score (nSPS) is 42.2. The molecule has 17 heavy (non-hydrogen) atoms. The van der Waals surface area contributed by atoms with Crippen molar-refractivity contribution >= 4 is 5.97 Å². The molecule has 5 unspecified atom stereocenters. The number of hydrogen-bond acceptors (Lipinski definition) is 3. The van der Waals surface area contributed by atoms with E-state index in [4.69, 9.17) is 5.73 Å². The van der Waals surface area contributed by atoms with Crippen LogP contribution in [0, 0.1) is 23.7 Å². The van der Waals surface area contributed by atoms with Gasteiger partial charge in [-0.1, -0.05) is 20.3 Å². The molecular formula is C13H24N2O2. The number of quaternary nitrogens is 1. The van der Waals surface area contributed by atoms with Crippen LogP contribution in [0.15, 0.2) is 0 Å². The van der Waals surface area contributed by atoms with Crippen molar-refractivity contribution in [3.8, 4) is 0 Å². The van der Waals surface area contributed by atoms with Gasteiger partial charge in [-0.15, -0.1) is 0 Å². The number of hydrogen-bond donors (Lipinski definition) is 2. The fourth-order valence-electron chi connectivity index (χ4n) is 3.88. The van der Waals surface area contributed by atoms with E-state index in [2.05, 4.69) is 19.2 Å². The van der Waals surface area contributed by atoms with Crippen molar-refractivity contribution in [2.45, 2.75) is 45.2 Å². The molecule has 0 aromatic heterocycles. The molecule has 1 aliphatic carbocycles. The Morgan fingerprint density at radius 2 is 2.12 bits per heavy atom. The van der Waals surface area contributed by atoms with E-state index < -0.39 is 11.9 Å². The van der Waals surface area contributed by atoms with Crippen molar-refractivity contribution in [2.75, 3.05) is 6.54 Å². The predicted octanol–water partition coefficient (Wildman–Crippen LogP) is -1.30. The average molecular weight is 240 g/mol. The summed E-state index contributed by atoms with van der Waals surface area (Å²) in [5.41, 5.74) is 6.16. The molecule has 2 fully saturated rings. The first kappa shape index (κ1) is 12.8. The Labute approximate surface area is 103 Å². The van der Waals surface area contributed by atoms with Gasteiger partial charge in [0.15, 0.2) is 0 Å². The summed E-state index contributed by atoms with van der Waals surface area (Å²) in [6.45, 7) is 5.11. The molecule has 2 rings (SSSR count). The van der Waals surface area contributed by atoms with Gasteiger partial charge >= 0.3 is 0 Å². The summed E-state index contributed by atoms with van der Waals surface area (Å²) < 4.78 is 0. The summed E-state index contributed by atoms with van der Waals surface area (Å²) in [6.07, 6.45) is 3.53. The summed E-state index contributed by atoms with van der Waals surface area (Å²) >= 11 is 0. The Bertz CT molecular complexity index is 293. The molecule has 1 saturated carbocycles. The third kappa shape index (κ3) is 2.33. The van der Waals surface area contributed by atoms with Gasteiger partial charge in [0, 0.05) is 17.9 Å². The molecule has 5 atom stereocenters. The van der Waals surface area contributed by atoms with Gasteiger partial charge in [-0.25, -0.2) is 0 Å². The molecule has 1 saturated heterocycles. The van der Waals surface area contributed by atoms with Crippen LogP contribution in [0.1, 0.15) is 33.1 Å². The Hall–Kier alpha value is -0.610. The Kier molecular flexibility index (Phi) is 3.73. The predicted molar refractivity (Wildman–Crippen MR) is 62.7 cm³/mol. The number of piperidine rings is 1. The number of nitrogens with two attached hydrogens (primary N) is 2. The van der Waals surface area contributed by atoms with Gasteiger partial charge in [0.2, 0.25) is 0 Å². The van der Waals surface area contributed by atoms with Crippen LogP contribution in [-0.4, -0.2) is 24.6 Å². The van der Waals surface area contributed by atoms with Crippen LogP contribution in [0.5, 0.6) is 0 Å². The van der Waals surface area contributed by atoms with Crippen LogP contribution in [-0.2, 0) is 4.79 Å². The van der Waals surface area contributed by atoms with Crippen molar-refractivity contribution < 1.29 is 15.2 Å². The highest BCUT2D eigenvalue weighted by molar-refractivity contribution is 5.68. The van der Waals surface area contributed by atoms with Gasteiger partial charge in [0.25, 0.3) is 0 Å². The second-order valence-corrected chi connectivity index (χ2v) is 6.05. The van der Waals surface area contributed by atoms with E-state index in [1.807, 2.05) is 0 Å². The minimum atomic E-state index is -0.973. The monoisotopic (exact) mass is 240 g/mol. The second-order valence-electron chi connectivity index (χ2n) is 6.05. The van der Waals surface area contributed by atoms with Gasteiger partial charge in [-0.3, -0.25) is 0 Å². The van der Waals surface area contributed by atoms with E-state index in [1.165, 1.54) is 12.8 Å². The summed E-state index contributed by atoms with van der Waals surface area (Å²) in [4.78, 5) is 11.0. The molecule has 0 spiro atoms. The number of carbonyl (C=O) groups is 1. The molecule has 0 amide bonds. The molecule has 0 aromatic carbocycles. The SMILES string of the molecule is CC(C)C1CCCC2C(N)C(C(=O)[O-])C[NH2+]C12. The molecule has 2 aliphatic rings. The molecule has 0 radical (unpaired) electrons. The van der Waals surface area contributed by atoms with Gasteiger partial charge in [0.05, 0.1) is 24.5 Å². The lowest BCUT2D eigenvalue weighted by molar-refractivity contribution is -0.720. The summed E-state index contributed by atoms with van der Waals surface area (Å²) in [6, 6.07) is 0.311. The summed E-state index contributed by atoms with van der Waals surface area (Å²) in [7, 11) is 0. The zero-order chi connectivity index (χ0) is 12.6. The molecule has 4 N–H and O–H groups in total. The lowest BCUT2D eigenvalue weighted by Crippen LogP contribution is -2.99. The number of rotatable bonds is 2. The molecule has 4 nitrogen and oxygen atoms in total. The van der Waals surface area contributed by atoms with Crippen molar-refractivity contribution in [3.05, 3.63) is 0 Å². The lowest BCUT2D eigenvalue weighted by atomic mass is 9.66. The van der Waals surface area contributed by atoms with Gasteiger partial charge in [-0.2, -0.15) is 0 Å². The topological polar surface area (TPSA) is 82.8 Å². The van der Waals surface area contributed by atoms with Crippen LogP contribution in [0.4, 0.5) is 0 Å². The molecule has 0 bridgehead atoms. The van der Waals surface area contributed by atoms with Crippen LogP contribution in [0.25, 0.3) is 0 Å². The number of carboxylic acids is 1. The van der Waals surface area contributed by atoms with E-state index in [1.54, 1.807) is 0 Å². The zero-order valence-electron chi connectivity index (χ0n) is 10.8. The van der Waals surface area contributed by atoms with Crippen LogP contribution in [0.2, 0.25) is 0 Å². The molecular weight excluding hydrogens is 216 g/mol. The van der Waals surface area contributed by atoms with Crippen LogP contribution < -0.4 is 16.2 Å². The minimum Gasteiger partial charge on any atom is -0.550 e. The maximum absolute atomic E-state index is 11.0. The summed E-state index contributed by atoms with van der Waals surface area (Å²) in [5.74, 6) is 0.252. The van der Waals surface area contributed by atoms with Crippen molar-refractivity contribution in [2.24, 2.45) is 29.4 Å². The highest BCUT2D eigenvalue weighted by Gasteiger charge is 2.46. The van der Waals surface area contributed by atoms with E-state index in [9.17, 15) is 9.90 Å². The molecule has 98 valence electrons. The Morgan fingerprint density at radius 3 is 2.71 bits per heavy atom. The third-order valence-corrected chi connectivity index (χ3v) is 4.84. The highest BCUT2D eigenvalue weighted by atomic mass is 16.4. The fourth-order valence-corrected chi connectivity index (χ4v) is 3.88. The number of fused-ring (bicyclic) bond motifs is 1. The number of aliphatic carboxylic acids is 1. The van der Waals surface area contributed by atoms with Crippen LogP contribution in [0.3, 0.4) is 0 Å². The van der Waals surface area contributed by atoms with Crippen molar-refractivity contribution in [1.82, 2.24) is 0 Å². The maximum Gasteiger partial charge on any atom is 0.0933 e. The lowest BCUT2D eigenvalue weighted by Gasteiger charge is -2.46. The van der Waals surface area contributed by atoms with E-state index >= 15 is 0 Å². The zero-order valence-corrected chi connectivity index (χ0v) is 10.8. The quantitative estimate of drug-likeness (QED) is 0.629. The average Bonchev–Trinajstić information content (AvgIpc) is 2.28. The molecule has 4 heteroatoms. The number of carbonyl (C=O) groups excluding carboxylic acids is 1. The van der Waals surface area contributed by atoms with Gasteiger partial charge in [-0.05, 0) is 18.8 Å². The maximum atomic E-state index is 11.0. The van der Waals surface area contributed by atoms with E-state index in [-0.39, 0.29) is 6.04 Å². The van der Waals surface area contributed by atoms with Crippen LogP contribution >= 0.6 is 0 Å². The first-order valence-corrected chi connectivity index (χ1v) is 6.82. The smallest absolute Gasteiger partial charge is 0.0933 e. The van der Waals surface area contributed by atoms with E-state index in [0.29, 0.717) is 30.3 Å². The largest absolute Gasteiger partial charge is 0.550 e. The first-order valence-electron chi connectivity index (χ1n) is 6.82. The molecule has 1 aliphatic heterocycles. The highest BCUT2D eigenvalue weighted by Crippen LogP contribution is 2.36. The summed E-state index contributed by atoms with van der Waals surface area (Å²) in [5, 5.41) is 13.3. The Morgan fingerprint density at radius 1 is 1.41 bits per heavy atom. The fraction of sp³-hybridized carbons (Fsp3) is 0.923. The second kappa shape index (κ2) is 4.94. The number of carboxylic acid groups (broad SMARTS) is 1. The first-order chi connectivity index (χ1) is 8.02. The van der Waals surface area contributed by atoms with Gasteiger partial charge < -0.3 is 21.0 Å². The van der Waals surface area contributed by atoms with Crippen molar-refractivity contribution in [1.29, 1.82) is 0 Å². The molecule has 1 heterocycles.